The minimum absolute atomic E-state index is 0.0409. The number of nitrogens with zero attached hydrogens (tertiary/aromatic N) is 1. The van der Waals surface area contributed by atoms with Crippen LogP contribution < -0.4 is 0 Å². The molecular weight excluding hydrogens is 245 g/mol. The van der Waals surface area contributed by atoms with Gasteiger partial charge in [-0.25, -0.2) is 4.39 Å². The summed E-state index contributed by atoms with van der Waals surface area (Å²) in [5.41, 5.74) is 0.569. The Kier molecular flexibility index (Phi) is 4.18. The van der Waals surface area contributed by atoms with Crippen molar-refractivity contribution in [2.75, 3.05) is 13.7 Å². The molecule has 0 unspecified atom stereocenters. The zero-order valence-electron chi connectivity index (χ0n) is 10.8. The van der Waals surface area contributed by atoms with Crippen LogP contribution in [0.15, 0.2) is 18.2 Å². The molecule has 0 spiro atoms. The summed E-state index contributed by atoms with van der Waals surface area (Å²) in [5.74, 6) is 4.31. The van der Waals surface area contributed by atoms with Crippen molar-refractivity contribution in [3.05, 3.63) is 35.1 Å². The predicted octanol–water partition coefficient (Wildman–Crippen LogP) is 1.79. The molecule has 19 heavy (non-hydrogen) atoms. The quantitative estimate of drug-likeness (QED) is 0.825. The fourth-order valence-electron chi connectivity index (χ4n) is 2.04. The van der Waals surface area contributed by atoms with Crippen molar-refractivity contribution in [2.45, 2.75) is 25.3 Å². The van der Waals surface area contributed by atoms with Crippen LogP contribution in [0.4, 0.5) is 4.39 Å². The Hall–Kier alpha value is -1.86. The average molecular weight is 261 g/mol. The lowest BCUT2D eigenvalue weighted by atomic mass is 9.91. The van der Waals surface area contributed by atoms with Gasteiger partial charge in [-0.1, -0.05) is 11.8 Å². The molecule has 1 aliphatic carbocycles. The predicted molar refractivity (Wildman–Crippen MR) is 70.1 cm³/mol. The molecule has 1 amide bonds. The highest BCUT2D eigenvalue weighted by atomic mass is 19.1. The number of aliphatic hydroxyl groups excluding tert-OH is 1. The van der Waals surface area contributed by atoms with Gasteiger partial charge in [-0.3, -0.25) is 4.79 Å². The van der Waals surface area contributed by atoms with Crippen LogP contribution in [0.25, 0.3) is 0 Å². The highest BCUT2D eigenvalue weighted by molar-refractivity contribution is 5.95. The lowest BCUT2D eigenvalue weighted by molar-refractivity contribution is 0.0647. The number of benzene rings is 1. The molecule has 1 saturated carbocycles. The molecule has 0 bridgehead atoms. The van der Waals surface area contributed by atoms with Crippen LogP contribution in [0.5, 0.6) is 0 Å². The van der Waals surface area contributed by atoms with Gasteiger partial charge in [0.2, 0.25) is 0 Å². The van der Waals surface area contributed by atoms with E-state index in [-0.39, 0.29) is 24.1 Å². The van der Waals surface area contributed by atoms with Gasteiger partial charge < -0.3 is 10.0 Å². The molecule has 100 valence electrons. The molecule has 0 radical (unpaired) electrons. The molecule has 0 heterocycles. The first kappa shape index (κ1) is 13.6. The summed E-state index contributed by atoms with van der Waals surface area (Å²) in [7, 11) is 1.71. The third kappa shape index (κ3) is 2.94. The maximum absolute atomic E-state index is 13.7. The van der Waals surface area contributed by atoms with Crippen molar-refractivity contribution < 1.29 is 14.3 Å². The van der Waals surface area contributed by atoms with Crippen LogP contribution in [0.1, 0.15) is 35.2 Å². The highest BCUT2D eigenvalue weighted by Crippen LogP contribution is 2.25. The number of aliphatic hydroxyl groups is 1. The smallest absolute Gasteiger partial charge is 0.256 e. The summed E-state index contributed by atoms with van der Waals surface area (Å²) >= 11 is 0. The van der Waals surface area contributed by atoms with E-state index in [0.29, 0.717) is 5.56 Å². The molecule has 1 N–H and O–H groups in total. The van der Waals surface area contributed by atoms with Gasteiger partial charge in [0.05, 0.1) is 5.56 Å². The highest BCUT2D eigenvalue weighted by Gasteiger charge is 2.27. The van der Waals surface area contributed by atoms with Gasteiger partial charge >= 0.3 is 0 Å². The Morgan fingerprint density at radius 1 is 1.53 bits per heavy atom. The Morgan fingerprint density at radius 2 is 2.26 bits per heavy atom. The van der Waals surface area contributed by atoms with Gasteiger partial charge in [0, 0.05) is 18.7 Å². The van der Waals surface area contributed by atoms with E-state index in [0.717, 1.165) is 19.3 Å². The second kappa shape index (κ2) is 5.85. The van der Waals surface area contributed by atoms with Gasteiger partial charge in [-0.15, -0.1) is 0 Å². The summed E-state index contributed by atoms with van der Waals surface area (Å²) in [6, 6.07) is 4.40. The van der Waals surface area contributed by atoms with E-state index in [2.05, 4.69) is 11.8 Å². The molecule has 0 aromatic heterocycles. The van der Waals surface area contributed by atoms with E-state index in [1.807, 2.05) is 0 Å². The number of rotatable bonds is 2. The number of carbonyl (C=O) groups is 1. The third-order valence-corrected chi connectivity index (χ3v) is 3.45. The van der Waals surface area contributed by atoms with Gasteiger partial charge in [-0.05, 0) is 37.5 Å². The van der Waals surface area contributed by atoms with Crippen LogP contribution in [0.3, 0.4) is 0 Å². The molecule has 1 aromatic rings. The summed E-state index contributed by atoms with van der Waals surface area (Å²) < 4.78 is 13.7. The Bertz CT molecular complexity index is 541. The largest absolute Gasteiger partial charge is 0.384 e. The average Bonchev–Trinajstić information content (AvgIpc) is 2.35. The van der Waals surface area contributed by atoms with E-state index >= 15 is 0 Å². The second-order valence-electron chi connectivity index (χ2n) is 4.66. The lowest BCUT2D eigenvalue weighted by Crippen LogP contribution is -2.41. The molecule has 3 nitrogen and oxygen atoms in total. The summed E-state index contributed by atoms with van der Waals surface area (Å²) in [6.07, 6.45) is 3.08. The zero-order valence-corrected chi connectivity index (χ0v) is 10.8. The van der Waals surface area contributed by atoms with Crippen molar-refractivity contribution >= 4 is 5.91 Å². The Labute approximate surface area is 112 Å². The van der Waals surface area contributed by atoms with Crippen LogP contribution in [0, 0.1) is 17.7 Å². The van der Waals surface area contributed by atoms with E-state index < -0.39 is 5.82 Å². The van der Waals surface area contributed by atoms with Gasteiger partial charge in [0.15, 0.2) is 0 Å². The molecule has 4 heteroatoms. The van der Waals surface area contributed by atoms with Crippen molar-refractivity contribution in [1.82, 2.24) is 4.90 Å². The first-order valence-electron chi connectivity index (χ1n) is 6.30. The van der Waals surface area contributed by atoms with Crippen LogP contribution >= 0.6 is 0 Å². The minimum Gasteiger partial charge on any atom is -0.384 e. The first-order valence-corrected chi connectivity index (χ1v) is 6.30. The van der Waals surface area contributed by atoms with Crippen molar-refractivity contribution in [2.24, 2.45) is 0 Å². The summed E-state index contributed by atoms with van der Waals surface area (Å²) in [6.45, 7) is -0.261. The number of halogens is 1. The number of carbonyl (C=O) groups excluding carboxylic acids is 1. The molecule has 0 atom stereocenters. The van der Waals surface area contributed by atoms with Crippen LogP contribution in [0.2, 0.25) is 0 Å². The van der Waals surface area contributed by atoms with E-state index in [4.69, 9.17) is 5.11 Å². The maximum atomic E-state index is 13.7. The fourth-order valence-corrected chi connectivity index (χ4v) is 2.04. The lowest BCUT2D eigenvalue weighted by Gasteiger charge is -2.34. The van der Waals surface area contributed by atoms with Crippen molar-refractivity contribution in [1.29, 1.82) is 0 Å². The second-order valence-corrected chi connectivity index (χ2v) is 4.66. The standard InChI is InChI=1S/C15H16FNO2/c1-17(12-5-2-6-12)15(19)13-10-11(4-3-9-18)7-8-14(13)16/h7-8,10,12,18H,2,5-6,9H2,1H3. The topological polar surface area (TPSA) is 40.5 Å². The molecule has 1 aliphatic rings. The molecule has 1 aromatic carbocycles. The van der Waals surface area contributed by atoms with E-state index in [9.17, 15) is 9.18 Å². The Balaban J connectivity index is 2.24. The first-order chi connectivity index (χ1) is 9.13. The van der Waals surface area contributed by atoms with Crippen LogP contribution in [-0.4, -0.2) is 35.6 Å². The SMILES string of the molecule is CN(C(=O)c1cc(C#CCO)ccc1F)C1CCC1. The molecule has 0 aliphatic heterocycles. The van der Waals surface area contributed by atoms with Crippen LogP contribution in [-0.2, 0) is 0 Å². The maximum Gasteiger partial charge on any atom is 0.256 e. The molecule has 2 rings (SSSR count). The fraction of sp³-hybridized carbons (Fsp3) is 0.400. The van der Waals surface area contributed by atoms with Gasteiger partial charge in [0.1, 0.15) is 12.4 Å². The van der Waals surface area contributed by atoms with Crippen molar-refractivity contribution in [3.63, 3.8) is 0 Å². The number of hydrogen-bond acceptors (Lipinski definition) is 2. The number of hydrogen-bond donors (Lipinski definition) is 1. The molecular formula is C15H16FNO2. The Morgan fingerprint density at radius 3 is 2.84 bits per heavy atom. The van der Waals surface area contributed by atoms with E-state index in [1.165, 1.54) is 18.2 Å². The summed E-state index contributed by atoms with van der Waals surface area (Å²) in [4.78, 5) is 13.8. The minimum atomic E-state index is -0.536. The normalized spacial score (nSPS) is 14.3. The third-order valence-electron chi connectivity index (χ3n) is 3.45. The molecule has 0 saturated heterocycles. The van der Waals surface area contributed by atoms with E-state index in [1.54, 1.807) is 11.9 Å². The van der Waals surface area contributed by atoms with Gasteiger partial charge in [0.25, 0.3) is 5.91 Å². The monoisotopic (exact) mass is 261 g/mol. The zero-order chi connectivity index (χ0) is 13.8. The summed E-state index contributed by atoms with van der Waals surface area (Å²) in [5, 5.41) is 8.64. The number of amides is 1. The van der Waals surface area contributed by atoms with Crippen molar-refractivity contribution in [3.8, 4) is 11.8 Å². The van der Waals surface area contributed by atoms with Gasteiger partial charge in [-0.2, -0.15) is 0 Å². The molecule has 1 fully saturated rings.